The number of aryl methyl sites for hydroxylation is 2. The van der Waals surface area contributed by atoms with Crippen molar-refractivity contribution < 1.29 is 23.8 Å². The summed E-state index contributed by atoms with van der Waals surface area (Å²) < 4.78 is 16.0. The van der Waals surface area contributed by atoms with Crippen LogP contribution < -0.4 is 14.8 Å². The number of esters is 1. The third kappa shape index (κ3) is 6.66. The first-order chi connectivity index (χ1) is 13.0. The lowest BCUT2D eigenvalue weighted by molar-refractivity contribution is -0.147. The highest BCUT2D eigenvalue weighted by Crippen LogP contribution is 2.26. The van der Waals surface area contributed by atoms with E-state index in [9.17, 15) is 9.59 Å². The Kier molecular flexibility index (Phi) is 7.67. The van der Waals surface area contributed by atoms with Crippen molar-refractivity contribution in [3.05, 3.63) is 53.6 Å². The normalized spacial score (nSPS) is 10.2. The highest BCUT2D eigenvalue weighted by molar-refractivity contribution is 5.93. The number of para-hydroxylation sites is 2. The predicted octanol–water partition coefficient (Wildman–Crippen LogP) is 3.65. The lowest BCUT2D eigenvalue weighted by Crippen LogP contribution is -2.22. The van der Waals surface area contributed by atoms with E-state index in [-0.39, 0.29) is 25.5 Å². The number of anilines is 1. The van der Waals surface area contributed by atoms with Gasteiger partial charge >= 0.3 is 5.97 Å². The molecule has 0 bridgehead atoms. The molecule has 0 saturated heterocycles. The summed E-state index contributed by atoms with van der Waals surface area (Å²) in [5, 5.41) is 2.75. The van der Waals surface area contributed by atoms with Gasteiger partial charge < -0.3 is 19.5 Å². The average Bonchev–Trinajstić information content (AvgIpc) is 2.65. The molecule has 0 aliphatic heterocycles. The molecule has 0 atom stereocenters. The fourth-order valence-electron chi connectivity index (χ4n) is 2.36. The Morgan fingerprint density at radius 3 is 2.41 bits per heavy atom. The maximum Gasteiger partial charge on any atom is 0.309 e. The predicted molar refractivity (Wildman–Crippen MR) is 103 cm³/mol. The van der Waals surface area contributed by atoms with E-state index in [4.69, 9.17) is 14.2 Å². The molecule has 6 nitrogen and oxygen atoms in total. The first-order valence-corrected chi connectivity index (χ1v) is 8.87. The van der Waals surface area contributed by atoms with Crippen LogP contribution in [-0.4, -0.2) is 31.7 Å². The molecule has 0 unspecified atom stereocenters. The smallest absolute Gasteiger partial charge is 0.309 e. The summed E-state index contributed by atoms with van der Waals surface area (Å²) in [6, 6.07) is 13.0. The Labute approximate surface area is 159 Å². The van der Waals surface area contributed by atoms with E-state index in [2.05, 4.69) is 5.32 Å². The first-order valence-electron chi connectivity index (χ1n) is 8.87. The molecule has 0 spiro atoms. The molecule has 1 amide bonds. The van der Waals surface area contributed by atoms with Crippen molar-refractivity contribution >= 4 is 17.6 Å². The van der Waals surface area contributed by atoms with Gasteiger partial charge in [0.15, 0.2) is 18.1 Å². The third-order valence-corrected chi connectivity index (χ3v) is 3.74. The van der Waals surface area contributed by atoms with Crippen molar-refractivity contribution in [3.63, 3.8) is 0 Å². The number of amides is 1. The number of nitrogens with one attached hydrogen (secondary N) is 1. The van der Waals surface area contributed by atoms with Gasteiger partial charge in [0.05, 0.1) is 19.6 Å². The van der Waals surface area contributed by atoms with Crippen LogP contribution in [0.5, 0.6) is 11.5 Å². The number of hydrogen-bond acceptors (Lipinski definition) is 5. The quantitative estimate of drug-likeness (QED) is 0.681. The van der Waals surface area contributed by atoms with Crippen LogP contribution in [0.4, 0.5) is 5.69 Å². The van der Waals surface area contributed by atoms with Crippen molar-refractivity contribution in [2.45, 2.75) is 27.2 Å². The van der Waals surface area contributed by atoms with E-state index in [0.717, 1.165) is 11.1 Å². The van der Waals surface area contributed by atoms with Gasteiger partial charge in [0.25, 0.3) is 5.91 Å². The Morgan fingerprint density at radius 2 is 1.70 bits per heavy atom. The lowest BCUT2D eigenvalue weighted by Gasteiger charge is -2.12. The topological polar surface area (TPSA) is 73.9 Å². The monoisotopic (exact) mass is 371 g/mol. The molecule has 0 saturated carbocycles. The number of carbonyl (C=O) groups is 2. The summed E-state index contributed by atoms with van der Waals surface area (Å²) in [4.78, 5) is 23.8. The second-order valence-electron chi connectivity index (χ2n) is 6.01. The van der Waals surface area contributed by atoms with E-state index in [0.29, 0.717) is 23.8 Å². The molecule has 1 N–H and O–H groups in total. The van der Waals surface area contributed by atoms with Gasteiger partial charge in [-0.3, -0.25) is 9.59 Å². The Bertz CT molecular complexity index is 788. The molecular weight excluding hydrogens is 346 g/mol. The Morgan fingerprint density at radius 1 is 1.00 bits per heavy atom. The molecule has 2 rings (SSSR count). The Hall–Kier alpha value is -3.02. The van der Waals surface area contributed by atoms with Crippen molar-refractivity contribution in [1.29, 1.82) is 0 Å². The van der Waals surface area contributed by atoms with Crippen LogP contribution in [0.3, 0.4) is 0 Å². The molecule has 6 heteroatoms. The molecule has 0 heterocycles. The van der Waals surface area contributed by atoms with Gasteiger partial charge in [0.2, 0.25) is 0 Å². The van der Waals surface area contributed by atoms with Crippen LogP contribution >= 0.6 is 0 Å². The maximum atomic E-state index is 12.0. The standard InChI is InChI=1S/C21H25NO5/c1-4-25-18-7-5-6-8-19(18)26-12-11-21(24)27-14-20(23)22-17-13-15(2)9-10-16(17)3/h5-10,13H,4,11-12,14H2,1-3H3,(H,22,23). The SMILES string of the molecule is CCOc1ccccc1OCCC(=O)OCC(=O)Nc1cc(C)ccc1C. The fraction of sp³-hybridized carbons (Fsp3) is 0.333. The van der Waals surface area contributed by atoms with Crippen molar-refractivity contribution in [2.24, 2.45) is 0 Å². The number of carbonyl (C=O) groups excluding carboxylic acids is 2. The first kappa shape index (κ1) is 20.3. The summed E-state index contributed by atoms with van der Waals surface area (Å²) >= 11 is 0. The molecule has 2 aromatic carbocycles. The molecule has 27 heavy (non-hydrogen) atoms. The lowest BCUT2D eigenvalue weighted by atomic mass is 10.1. The van der Waals surface area contributed by atoms with E-state index < -0.39 is 5.97 Å². The molecule has 0 aliphatic rings. The van der Waals surface area contributed by atoms with E-state index in [1.165, 1.54) is 0 Å². The van der Waals surface area contributed by atoms with Crippen LogP contribution in [-0.2, 0) is 14.3 Å². The van der Waals surface area contributed by atoms with Gasteiger partial charge in [-0.1, -0.05) is 24.3 Å². The molecule has 144 valence electrons. The van der Waals surface area contributed by atoms with Gasteiger partial charge in [-0.25, -0.2) is 0 Å². The zero-order valence-corrected chi connectivity index (χ0v) is 15.9. The summed E-state index contributed by atoms with van der Waals surface area (Å²) in [7, 11) is 0. The van der Waals surface area contributed by atoms with Crippen LogP contribution in [0.15, 0.2) is 42.5 Å². The maximum absolute atomic E-state index is 12.0. The van der Waals surface area contributed by atoms with Crippen molar-refractivity contribution in [2.75, 3.05) is 25.1 Å². The second-order valence-corrected chi connectivity index (χ2v) is 6.01. The average molecular weight is 371 g/mol. The van der Waals surface area contributed by atoms with Gasteiger partial charge in [-0.05, 0) is 50.1 Å². The summed E-state index contributed by atoms with van der Waals surface area (Å²) in [5.74, 6) is 0.320. The number of hydrogen-bond donors (Lipinski definition) is 1. The Balaban J connectivity index is 1.73. The number of benzene rings is 2. The van der Waals surface area contributed by atoms with E-state index in [1.807, 2.05) is 51.1 Å². The van der Waals surface area contributed by atoms with Crippen LogP contribution in [0.2, 0.25) is 0 Å². The highest BCUT2D eigenvalue weighted by Gasteiger charge is 2.10. The van der Waals surface area contributed by atoms with Gasteiger partial charge in [0, 0.05) is 5.69 Å². The minimum absolute atomic E-state index is 0.0389. The van der Waals surface area contributed by atoms with Crippen LogP contribution in [0, 0.1) is 13.8 Å². The van der Waals surface area contributed by atoms with Crippen LogP contribution in [0.1, 0.15) is 24.5 Å². The third-order valence-electron chi connectivity index (χ3n) is 3.74. The molecular formula is C21H25NO5. The largest absolute Gasteiger partial charge is 0.490 e. The molecule has 2 aromatic rings. The summed E-state index contributed by atoms with van der Waals surface area (Å²) in [6.07, 6.45) is 0.0389. The van der Waals surface area contributed by atoms with E-state index >= 15 is 0 Å². The minimum atomic E-state index is -0.500. The highest BCUT2D eigenvalue weighted by atomic mass is 16.5. The van der Waals surface area contributed by atoms with Gasteiger partial charge in [-0.15, -0.1) is 0 Å². The van der Waals surface area contributed by atoms with E-state index in [1.54, 1.807) is 12.1 Å². The molecule has 0 fully saturated rings. The summed E-state index contributed by atoms with van der Waals surface area (Å²) in [5.41, 5.74) is 2.70. The zero-order chi connectivity index (χ0) is 19.6. The zero-order valence-electron chi connectivity index (χ0n) is 15.9. The van der Waals surface area contributed by atoms with Gasteiger partial charge in [0.1, 0.15) is 0 Å². The second kappa shape index (κ2) is 10.2. The number of rotatable bonds is 9. The molecule has 0 aliphatic carbocycles. The van der Waals surface area contributed by atoms with Crippen molar-refractivity contribution in [1.82, 2.24) is 0 Å². The molecule has 0 aromatic heterocycles. The summed E-state index contributed by atoms with van der Waals surface area (Å²) in [6.45, 7) is 6.07. The minimum Gasteiger partial charge on any atom is -0.490 e. The van der Waals surface area contributed by atoms with Crippen molar-refractivity contribution in [3.8, 4) is 11.5 Å². The van der Waals surface area contributed by atoms with Gasteiger partial charge in [-0.2, -0.15) is 0 Å². The number of ether oxygens (including phenoxy) is 3. The fourth-order valence-corrected chi connectivity index (χ4v) is 2.36. The molecule has 0 radical (unpaired) electrons. The van der Waals surface area contributed by atoms with Crippen LogP contribution in [0.25, 0.3) is 0 Å².